The summed E-state index contributed by atoms with van der Waals surface area (Å²) in [5.74, 6) is -0.0173. The molecule has 1 heterocycles. The monoisotopic (exact) mass is 322 g/mol. The summed E-state index contributed by atoms with van der Waals surface area (Å²) in [7, 11) is 0. The molecule has 1 aromatic heterocycles. The van der Waals surface area contributed by atoms with Gasteiger partial charge in [0, 0.05) is 34.9 Å². The predicted octanol–water partition coefficient (Wildman–Crippen LogP) is 1.44. The lowest BCUT2D eigenvalue weighted by Crippen LogP contribution is -2.34. The molecule has 0 unspecified atom stereocenters. The lowest BCUT2D eigenvalue weighted by molar-refractivity contribution is -0.119. The van der Waals surface area contributed by atoms with Gasteiger partial charge < -0.3 is 16.5 Å². The number of nitrogens with two attached hydrogens (primary N) is 2. The normalized spacial score (nSPS) is 12.3. The molecule has 0 amide bonds. The number of halogens is 1. The van der Waals surface area contributed by atoms with Crippen molar-refractivity contribution in [1.29, 1.82) is 0 Å². The molecule has 1 aromatic carbocycles. The van der Waals surface area contributed by atoms with Crippen molar-refractivity contribution in [3.63, 3.8) is 0 Å². The summed E-state index contributed by atoms with van der Waals surface area (Å²) in [4.78, 5) is 18.9. The van der Waals surface area contributed by atoms with Crippen LogP contribution in [0, 0.1) is 0 Å². The fourth-order valence-corrected chi connectivity index (χ4v) is 2.03. The number of hydrogen-bond donors (Lipinski definition) is 3. The SMILES string of the molecule is Nc1cc(CC(=O)[C@@H](N)Cc2cnc[nH]2)ccc1Br. The molecule has 2 aromatic rings. The summed E-state index contributed by atoms with van der Waals surface area (Å²) in [6, 6.07) is 4.94. The van der Waals surface area contributed by atoms with Crippen molar-refractivity contribution in [3.8, 4) is 0 Å². The number of hydrogen-bond acceptors (Lipinski definition) is 4. The Morgan fingerprint density at radius 2 is 2.26 bits per heavy atom. The van der Waals surface area contributed by atoms with E-state index >= 15 is 0 Å². The average Bonchev–Trinajstić information content (AvgIpc) is 2.86. The Balaban J connectivity index is 1.98. The predicted molar refractivity (Wildman–Crippen MR) is 77.5 cm³/mol. The van der Waals surface area contributed by atoms with Gasteiger partial charge in [0.05, 0.1) is 12.4 Å². The molecule has 5 nitrogen and oxygen atoms in total. The second kappa shape index (κ2) is 5.99. The number of anilines is 1. The highest BCUT2D eigenvalue weighted by Crippen LogP contribution is 2.20. The van der Waals surface area contributed by atoms with E-state index in [1.807, 2.05) is 12.1 Å². The van der Waals surface area contributed by atoms with E-state index in [0.29, 0.717) is 12.1 Å². The van der Waals surface area contributed by atoms with Gasteiger partial charge in [0.15, 0.2) is 5.78 Å². The van der Waals surface area contributed by atoms with Gasteiger partial charge in [-0.3, -0.25) is 4.79 Å². The van der Waals surface area contributed by atoms with Gasteiger partial charge in [-0.2, -0.15) is 0 Å². The first-order valence-electron chi connectivity index (χ1n) is 5.85. The Hall–Kier alpha value is -1.66. The number of rotatable bonds is 5. The average molecular weight is 323 g/mol. The number of ketones is 1. The number of carbonyl (C=O) groups is 1. The molecule has 0 bridgehead atoms. The molecule has 1 atom stereocenters. The second-order valence-corrected chi connectivity index (χ2v) is 5.24. The van der Waals surface area contributed by atoms with Crippen LogP contribution in [0.25, 0.3) is 0 Å². The highest BCUT2D eigenvalue weighted by atomic mass is 79.9. The molecule has 19 heavy (non-hydrogen) atoms. The summed E-state index contributed by atoms with van der Waals surface area (Å²) < 4.78 is 0.824. The van der Waals surface area contributed by atoms with E-state index < -0.39 is 6.04 Å². The minimum absolute atomic E-state index is 0.0173. The Kier molecular flexibility index (Phi) is 4.34. The van der Waals surface area contributed by atoms with E-state index in [9.17, 15) is 4.79 Å². The van der Waals surface area contributed by atoms with Crippen molar-refractivity contribution in [2.75, 3.05) is 5.73 Å². The lowest BCUT2D eigenvalue weighted by atomic mass is 10.0. The highest BCUT2D eigenvalue weighted by Gasteiger charge is 2.15. The zero-order valence-electron chi connectivity index (χ0n) is 10.3. The van der Waals surface area contributed by atoms with Crippen molar-refractivity contribution < 1.29 is 4.79 Å². The molecule has 0 fully saturated rings. The van der Waals surface area contributed by atoms with Gasteiger partial charge in [-0.25, -0.2) is 4.98 Å². The first kappa shape index (κ1) is 13.8. The molecule has 100 valence electrons. The van der Waals surface area contributed by atoms with Gasteiger partial charge in [0.25, 0.3) is 0 Å². The summed E-state index contributed by atoms with van der Waals surface area (Å²) >= 11 is 3.32. The first-order chi connectivity index (χ1) is 9.06. The Labute approximate surface area is 119 Å². The van der Waals surface area contributed by atoms with Crippen LogP contribution in [0.5, 0.6) is 0 Å². The van der Waals surface area contributed by atoms with E-state index in [4.69, 9.17) is 11.5 Å². The van der Waals surface area contributed by atoms with E-state index in [2.05, 4.69) is 25.9 Å². The highest BCUT2D eigenvalue weighted by molar-refractivity contribution is 9.10. The zero-order chi connectivity index (χ0) is 13.8. The van der Waals surface area contributed by atoms with Crippen molar-refractivity contribution in [3.05, 3.63) is 46.5 Å². The van der Waals surface area contributed by atoms with E-state index in [-0.39, 0.29) is 12.2 Å². The third-order valence-electron chi connectivity index (χ3n) is 2.85. The molecule has 6 heteroatoms. The maximum Gasteiger partial charge on any atom is 0.154 e. The van der Waals surface area contributed by atoms with E-state index in [1.54, 1.807) is 18.6 Å². The number of benzene rings is 1. The van der Waals surface area contributed by atoms with Gasteiger partial charge in [-0.15, -0.1) is 0 Å². The summed E-state index contributed by atoms with van der Waals surface area (Å²) in [5.41, 5.74) is 14.0. The molecular weight excluding hydrogens is 308 g/mol. The number of nitrogens with one attached hydrogen (secondary N) is 1. The number of aromatic amines is 1. The summed E-state index contributed by atoms with van der Waals surface area (Å²) in [5, 5.41) is 0. The molecule has 5 N–H and O–H groups in total. The van der Waals surface area contributed by atoms with Gasteiger partial charge in [0.2, 0.25) is 0 Å². The molecular formula is C13H15BrN4O. The minimum atomic E-state index is -0.537. The van der Waals surface area contributed by atoms with Crippen LogP contribution in [0.1, 0.15) is 11.3 Å². The standard InChI is InChI=1S/C13H15BrN4O/c14-10-2-1-8(3-11(10)15)4-13(19)12(16)5-9-6-17-7-18-9/h1-3,6-7,12H,4-5,15-16H2,(H,17,18)/t12-/m0/s1. The van der Waals surface area contributed by atoms with Crippen molar-refractivity contribution in [2.24, 2.45) is 5.73 Å². The third kappa shape index (κ3) is 3.65. The van der Waals surface area contributed by atoms with Gasteiger partial charge in [-0.1, -0.05) is 6.07 Å². The number of imidazole rings is 1. The molecule has 0 saturated carbocycles. The van der Waals surface area contributed by atoms with Crippen LogP contribution >= 0.6 is 15.9 Å². The van der Waals surface area contributed by atoms with Gasteiger partial charge in [0.1, 0.15) is 0 Å². The van der Waals surface area contributed by atoms with Crippen LogP contribution < -0.4 is 11.5 Å². The largest absolute Gasteiger partial charge is 0.398 e. The quantitative estimate of drug-likeness (QED) is 0.725. The number of nitrogen functional groups attached to an aromatic ring is 1. The van der Waals surface area contributed by atoms with Gasteiger partial charge >= 0.3 is 0 Å². The Morgan fingerprint density at radius 1 is 1.47 bits per heavy atom. The number of H-pyrrole nitrogens is 1. The number of carbonyl (C=O) groups excluding carboxylic acids is 1. The molecule has 2 rings (SSSR count). The lowest BCUT2D eigenvalue weighted by Gasteiger charge is -2.10. The molecule has 0 saturated heterocycles. The van der Waals surface area contributed by atoms with Crippen LogP contribution in [-0.2, 0) is 17.6 Å². The summed E-state index contributed by atoms with van der Waals surface area (Å²) in [6.07, 6.45) is 3.99. The molecule has 0 aliphatic carbocycles. The van der Waals surface area contributed by atoms with Crippen LogP contribution in [0.4, 0.5) is 5.69 Å². The van der Waals surface area contributed by atoms with Crippen molar-refractivity contribution >= 4 is 27.4 Å². The molecule has 0 radical (unpaired) electrons. The van der Waals surface area contributed by atoms with Crippen LogP contribution in [0.3, 0.4) is 0 Å². The second-order valence-electron chi connectivity index (χ2n) is 4.39. The minimum Gasteiger partial charge on any atom is -0.398 e. The van der Waals surface area contributed by atoms with Crippen LogP contribution in [-0.4, -0.2) is 21.8 Å². The maximum atomic E-state index is 12.0. The third-order valence-corrected chi connectivity index (χ3v) is 3.57. The smallest absolute Gasteiger partial charge is 0.154 e. The number of aromatic nitrogens is 2. The van der Waals surface area contributed by atoms with Crippen molar-refractivity contribution in [1.82, 2.24) is 9.97 Å². The fourth-order valence-electron chi connectivity index (χ4n) is 1.78. The molecule has 0 aliphatic rings. The molecule has 0 aliphatic heterocycles. The topological polar surface area (TPSA) is 97.8 Å². The van der Waals surface area contributed by atoms with Crippen LogP contribution in [0.2, 0.25) is 0 Å². The Bertz CT molecular complexity index is 568. The first-order valence-corrected chi connectivity index (χ1v) is 6.65. The number of Topliss-reactive ketones (excluding diaryl/α,β-unsaturated/α-hetero) is 1. The summed E-state index contributed by atoms with van der Waals surface area (Å²) in [6.45, 7) is 0. The van der Waals surface area contributed by atoms with E-state index in [0.717, 1.165) is 15.7 Å². The zero-order valence-corrected chi connectivity index (χ0v) is 11.9. The molecule has 0 spiro atoms. The van der Waals surface area contributed by atoms with Crippen molar-refractivity contribution in [2.45, 2.75) is 18.9 Å². The Morgan fingerprint density at radius 3 is 2.89 bits per heavy atom. The number of nitrogens with zero attached hydrogens (tertiary/aromatic N) is 1. The fraction of sp³-hybridized carbons (Fsp3) is 0.231. The van der Waals surface area contributed by atoms with Gasteiger partial charge in [-0.05, 0) is 33.6 Å². The van der Waals surface area contributed by atoms with Crippen LogP contribution in [0.15, 0.2) is 35.2 Å². The maximum absolute atomic E-state index is 12.0. The van der Waals surface area contributed by atoms with E-state index in [1.165, 1.54) is 0 Å².